The highest BCUT2D eigenvalue weighted by Crippen LogP contribution is 2.11. The predicted octanol–water partition coefficient (Wildman–Crippen LogP) is 3.03. The van der Waals surface area contributed by atoms with Gasteiger partial charge in [0, 0.05) is 36.4 Å². The number of nitrogens with zero attached hydrogens (tertiary/aromatic N) is 2. The molecular weight excluding hydrogens is 296 g/mol. The highest BCUT2D eigenvalue weighted by atomic mass is 35.5. The van der Waals surface area contributed by atoms with E-state index in [2.05, 4.69) is 27.5 Å². The number of pyridine rings is 1. The summed E-state index contributed by atoms with van der Waals surface area (Å²) in [5.41, 5.74) is 2.16. The van der Waals surface area contributed by atoms with E-state index in [1.165, 1.54) is 0 Å². The lowest BCUT2D eigenvalue weighted by Gasteiger charge is -2.11. The molecule has 0 spiro atoms. The topological polar surface area (TPSA) is 49.3 Å². The smallest absolute Gasteiger partial charge is 0.191 e. The molecule has 2 N–H and O–H groups in total. The maximum atomic E-state index is 5.99. The van der Waals surface area contributed by atoms with Crippen LogP contribution in [-0.2, 0) is 13.0 Å². The van der Waals surface area contributed by atoms with Gasteiger partial charge in [-0.05, 0) is 36.8 Å². The number of hydrogen-bond donors (Lipinski definition) is 2. The minimum Gasteiger partial charge on any atom is -0.357 e. The largest absolute Gasteiger partial charge is 0.357 e. The first kappa shape index (κ1) is 16.3. The average molecular weight is 317 g/mol. The van der Waals surface area contributed by atoms with Crippen LogP contribution in [0, 0.1) is 0 Å². The molecule has 0 saturated carbocycles. The van der Waals surface area contributed by atoms with Gasteiger partial charge in [0.05, 0.1) is 6.54 Å². The molecule has 2 rings (SSSR count). The molecule has 2 aromatic rings. The van der Waals surface area contributed by atoms with Crippen LogP contribution < -0.4 is 10.6 Å². The monoisotopic (exact) mass is 316 g/mol. The number of nitrogens with one attached hydrogen (secondary N) is 2. The fraction of sp³-hybridized carbons (Fsp3) is 0.294. The summed E-state index contributed by atoms with van der Waals surface area (Å²) in [4.78, 5) is 8.88. The number of halogens is 1. The van der Waals surface area contributed by atoms with Crippen molar-refractivity contribution in [3.8, 4) is 0 Å². The standard InChI is InChI=1S/C17H21ClN4/c1-2-19-17(21-11-9-16-8-3-4-10-20-16)22-13-14-6-5-7-15(18)12-14/h3-8,10,12H,2,9,11,13H2,1H3,(H2,19,21,22). The zero-order valence-corrected chi connectivity index (χ0v) is 13.5. The SMILES string of the molecule is CCNC(=NCc1cccc(Cl)c1)NCCc1ccccn1. The normalized spacial score (nSPS) is 11.3. The first-order valence-electron chi connectivity index (χ1n) is 7.44. The third-order valence-corrected chi connectivity index (χ3v) is 3.29. The molecule has 0 unspecified atom stereocenters. The highest BCUT2D eigenvalue weighted by molar-refractivity contribution is 6.30. The molecule has 0 bridgehead atoms. The average Bonchev–Trinajstić information content (AvgIpc) is 2.54. The van der Waals surface area contributed by atoms with Gasteiger partial charge in [0.2, 0.25) is 0 Å². The minimum atomic E-state index is 0.597. The van der Waals surface area contributed by atoms with E-state index in [1.54, 1.807) is 0 Å². The predicted molar refractivity (Wildman–Crippen MR) is 92.2 cm³/mol. The van der Waals surface area contributed by atoms with Crippen molar-refractivity contribution in [2.45, 2.75) is 19.9 Å². The van der Waals surface area contributed by atoms with Crippen molar-refractivity contribution in [3.05, 3.63) is 64.9 Å². The molecule has 0 aliphatic rings. The summed E-state index contributed by atoms with van der Waals surface area (Å²) in [6, 6.07) is 13.7. The van der Waals surface area contributed by atoms with Crippen LogP contribution in [0.15, 0.2) is 53.7 Å². The molecule has 0 aliphatic carbocycles. The number of rotatable bonds is 6. The van der Waals surface area contributed by atoms with Gasteiger partial charge in [0.15, 0.2) is 5.96 Å². The van der Waals surface area contributed by atoms with Crippen LogP contribution in [0.1, 0.15) is 18.2 Å². The molecule has 1 heterocycles. The van der Waals surface area contributed by atoms with E-state index in [1.807, 2.05) is 48.7 Å². The first-order valence-corrected chi connectivity index (χ1v) is 7.82. The number of aromatic nitrogens is 1. The second-order valence-electron chi connectivity index (χ2n) is 4.82. The van der Waals surface area contributed by atoms with Crippen molar-refractivity contribution < 1.29 is 0 Å². The van der Waals surface area contributed by atoms with Gasteiger partial charge in [0.1, 0.15) is 0 Å². The van der Waals surface area contributed by atoms with Crippen molar-refractivity contribution in [1.82, 2.24) is 15.6 Å². The van der Waals surface area contributed by atoms with Crippen LogP contribution in [0.3, 0.4) is 0 Å². The fourth-order valence-electron chi connectivity index (χ4n) is 2.00. The molecule has 0 aliphatic heterocycles. The maximum absolute atomic E-state index is 5.99. The Morgan fingerprint density at radius 2 is 2.09 bits per heavy atom. The first-order chi connectivity index (χ1) is 10.8. The van der Waals surface area contributed by atoms with Gasteiger partial charge in [0.25, 0.3) is 0 Å². The van der Waals surface area contributed by atoms with E-state index in [9.17, 15) is 0 Å². The van der Waals surface area contributed by atoms with E-state index >= 15 is 0 Å². The summed E-state index contributed by atoms with van der Waals surface area (Å²) in [6.45, 7) is 4.26. The van der Waals surface area contributed by atoms with Crippen molar-refractivity contribution >= 4 is 17.6 Å². The summed E-state index contributed by atoms with van der Waals surface area (Å²) >= 11 is 5.99. The van der Waals surface area contributed by atoms with Crippen molar-refractivity contribution in [1.29, 1.82) is 0 Å². The Hall–Kier alpha value is -2.07. The lowest BCUT2D eigenvalue weighted by Crippen LogP contribution is -2.38. The summed E-state index contributed by atoms with van der Waals surface area (Å²) < 4.78 is 0. The molecule has 1 aromatic carbocycles. The molecule has 22 heavy (non-hydrogen) atoms. The third kappa shape index (κ3) is 5.74. The Bertz CT molecular complexity index is 599. The van der Waals surface area contributed by atoms with Crippen LogP contribution in [-0.4, -0.2) is 24.0 Å². The van der Waals surface area contributed by atoms with Gasteiger partial charge in [-0.2, -0.15) is 0 Å². The number of hydrogen-bond acceptors (Lipinski definition) is 2. The van der Waals surface area contributed by atoms with Crippen molar-refractivity contribution in [3.63, 3.8) is 0 Å². The summed E-state index contributed by atoms with van der Waals surface area (Å²) in [6.07, 6.45) is 2.68. The number of benzene rings is 1. The van der Waals surface area contributed by atoms with Crippen LogP contribution in [0.5, 0.6) is 0 Å². The van der Waals surface area contributed by atoms with Crippen LogP contribution in [0.25, 0.3) is 0 Å². The van der Waals surface area contributed by atoms with E-state index in [0.29, 0.717) is 6.54 Å². The highest BCUT2D eigenvalue weighted by Gasteiger charge is 1.99. The Kier molecular flexibility index (Phi) is 6.71. The molecule has 0 fully saturated rings. The third-order valence-electron chi connectivity index (χ3n) is 3.05. The lowest BCUT2D eigenvalue weighted by molar-refractivity contribution is 0.788. The molecule has 0 radical (unpaired) electrons. The second kappa shape index (κ2) is 9.05. The van der Waals surface area contributed by atoms with Gasteiger partial charge in [-0.25, -0.2) is 4.99 Å². The van der Waals surface area contributed by atoms with Crippen molar-refractivity contribution in [2.75, 3.05) is 13.1 Å². The molecule has 116 valence electrons. The van der Waals surface area contributed by atoms with Gasteiger partial charge in [-0.1, -0.05) is 29.8 Å². The molecule has 5 heteroatoms. The zero-order chi connectivity index (χ0) is 15.6. The Morgan fingerprint density at radius 3 is 2.82 bits per heavy atom. The summed E-state index contributed by atoms with van der Waals surface area (Å²) in [5.74, 6) is 0.804. The quantitative estimate of drug-likeness (QED) is 0.636. The molecular formula is C17H21ClN4. The number of guanidine groups is 1. The Balaban J connectivity index is 1.87. The molecule has 4 nitrogen and oxygen atoms in total. The molecule has 1 aromatic heterocycles. The summed E-state index contributed by atoms with van der Waals surface area (Å²) in [5, 5.41) is 7.30. The van der Waals surface area contributed by atoms with Gasteiger partial charge >= 0.3 is 0 Å². The van der Waals surface area contributed by atoms with Crippen LogP contribution in [0.4, 0.5) is 0 Å². The van der Waals surface area contributed by atoms with Crippen molar-refractivity contribution in [2.24, 2.45) is 4.99 Å². The lowest BCUT2D eigenvalue weighted by atomic mass is 10.2. The van der Waals surface area contributed by atoms with E-state index in [0.717, 1.165) is 41.7 Å². The van der Waals surface area contributed by atoms with E-state index < -0.39 is 0 Å². The van der Waals surface area contributed by atoms with E-state index in [4.69, 9.17) is 11.6 Å². The van der Waals surface area contributed by atoms with Gasteiger partial charge < -0.3 is 10.6 Å². The summed E-state index contributed by atoms with van der Waals surface area (Å²) in [7, 11) is 0. The number of aliphatic imine (C=N–C) groups is 1. The van der Waals surface area contributed by atoms with Crippen LogP contribution >= 0.6 is 11.6 Å². The van der Waals surface area contributed by atoms with Gasteiger partial charge in [-0.3, -0.25) is 4.98 Å². The van der Waals surface area contributed by atoms with Gasteiger partial charge in [-0.15, -0.1) is 0 Å². The molecule has 0 saturated heterocycles. The van der Waals surface area contributed by atoms with E-state index in [-0.39, 0.29) is 0 Å². The Labute approximate surface area is 136 Å². The Morgan fingerprint density at radius 1 is 1.18 bits per heavy atom. The van der Waals surface area contributed by atoms with Crippen LogP contribution in [0.2, 0.25) is 5.02 Å². The second-order valence-corrected chi connectivity index (χ2v) is 5.26. The fourth-order valence-corrected chi connectivity index (χ4v) is 2.22. The maximum Gasteiger partial charge on any atom is 0.191 e. The molecule has 0 atom stereocenters. The minimum absolute atomic E-state index is 0.597. The zero-order valence-electron chi connectivity index (χ0n) is 12.7. The molecule has 0 amide bonds.